The van der Waals surface area contributed by atoms with Crippen LogP contribution < -0.4 is 4.90 Å². The number of aromatic nitrogens is 1. The third kappa shape index (κ3) is 5.27. The van der Waals surface area contributed by atoms with Crippen molar-refractivity contribution >= 4 is 31.4 Å². The van der Waals surface area contributed by atoms with E-state index in [-0.39, 0.29) is 37.5 Å². The number of anilines is 1. The van der Waals surface area contributed by atoms with Crippen molar-refractivity contribution in [1.82, 2.24) is 4.98 Å². The minimum atomic E-state index is -4.68. The monoisotopic (exact) mass is 520 g/mol. The van der Waals surface area contributed by atoms with Crippen LogP contribution >= 0.6 is 0 Å². The molecule has 12 heteroatoms. The van der Waals surface area contributed by atoms with E-state index in [1.807, 2.05) is 0 Å². The maximum atomic E-state index is 13.3. The Bertz CT molecular complexity index is 1270. The molecule has 0 spiro atoms. The van der Waals surface area contributed by atoms with Gasteiger partial charge in [-0.05, 0) is 56.5 Å². The number of hydrogen-bond acceptors (Lipinski definition) is 6. The molecule has 1 saturated heterocycles. The van der Waals surface area contributed by atoms with Crippen LogP contribution in [0, 0.1) is 5.92 Å². The number of halogens is 3. The SMILES string of the molecule is C.CC(C)([C@H]1CCN(c2ccc(S(C)(=O)=O)cn2)C(=O)C1)S(=O)(=O)c1cccc(C(F)(F)F)c1. The average Bonchev–Trinajstić information content (AvgIpc) is 2.72. The Balaban J connectivity index is 0.00000408. The lowest BCUT2D eigenvalue weighted by Crippen LogP contribution is -2.48. The van der Waals surface area contributed by atoms with Gasteiger partial charge in [-0.2, -0.15) is 13.2 Å². The van der Waals surface area contributed by atoms with Gasteiger partial charge in [0.05, 0.1) is 20.1 Å². The number of sulfone groups is 2. The molecule has 1 amide bonds. The maximum Gasteiger partial charge on any atom is 0.416 e. The van der Waals surface area contributed by atoms with Crippen LogP contribution in [0.25, 0.3) is 0 Å². The molecule has 0 unspecified atom stereocenters. The van der Waals surface area contributed by atoms with Crippen molar-refractivity contribution in [2.24, 2.45) is 5.92 Å². The molecular formula is C22H27F3N2O5S2. The summed E-state index contributed by atoms with van der Waals surface area (Å²) in [6.07, 6.45) is -2.39. The summed E-state index contributed by atoms with van der Waals surface area (Å²) in [7, 11) is -7.65. The Hall–Kier alpha value is -2.47. The number of pyridine rings is 1. The van der Waals surface area contributed by atoms with E-state index >= 15 is 0 Å². The molecule has 0 aliphatic carbocycles. The van der Waals surface area contributed by atoms with Crippen molar-refractivity contribution in [3.63, 3.8) is 0 Å². The molecule has 1 aliphatic heterocycles. The summed E-state index contributed by atoms with van der Waals surface area (Å²) in [6, 6.07) is 6.32. The van der Waals surface area contributed by atoms with Crippen molar-refractivity contribution in [2.45, 2.75) is 54.8 Å². The van der Waals surface area contributed by atoms with Crippen LogP contribution in [0.4, 0.5) is 19.0 Å². The second-order valence-corrected chi connectivity index (χ2v) is 13.0. The fraction of sp³-hybridized carbons (Fsp3) is 0.455. The van der Waals surface area contributed by atoms with Gasteiger partial charge in [0, 0.05) is 25.4 Å². The van der Waals surface area contributed by atoms with Gasteiger partial charge in [0.15, 0.2) is 19.7 Å². The van der Waals surface area contributed by atoms with Gasteiger partial charge in [0.25, 0.3) is 0 Å². The number of amides is 1. The van der Waals surface area contributed by atoms with Gasteiger partial charge in [-0.1, -0.05) is 13.5 Å². The van der Waals surface area contributed by atoms with E-state index in [4.69, 9.17) is 0 Å². The lowest BCUT2D eigenvalue weighted by molar-refractivity contribution is -0.137. The van der Waals surface area contributed by atoms with Crippen LogP contribution in [0.1, 0.15) is 39.7 Å². The molecule has 3 rings (SSSR count). The second kappa shape index (κ2) is 9.29. The first-order chi connectivity index (χ1) is 15.0. The number of carbonyl (C=O) groups excluding carboxylic acids is 1. The number of alkyl halides is 3. The number of hydrogen-bond donors (Lipinski definition) is 0. The average molecular weight is 521 g/mol. The second-order valence-electron chi connectivity index (χ2n) is 8.49. The van der Waals surface area contributed by atoms with E-state index in [0.29, 0.717) is 6.07 Å². The first-order valence-corrected chi connectivity index (χ1v) is 13.3. The van der Waals surface area contributed by atoms with E-state index < -0.39 is 52.9 Å². The predicted molar refractivity (Wildman–Crippen MR) is 122 cm³/mol. The van der Waals surface area contributed by atoms with Crippen LogP contribution in [-0.2, 0) is 30.6 Å². The topological polar surface area (TPSA) is 101 Å². The van der Waals surface area contributed by atoms with E-state index in [2.05, 4.69) is 4.98 Å². The van der Waals surface area contributed by atoms with Gasteiger partial charge in [-0.3, -0.25) is 9.69 Å². The third-order valence-electron chi connectivity index (χ3n) is 6.00. The Morgan fingerprint density at radius 1 is 1.03 bits per heavy atom. The minimum absolute atomic E-state index is 0. The largest absolute Gasteiger partial charge is 0.416 e. The van der Waals surface area contributed by atoms with Crippen LogP contribution in [0.15, 0.2) is 52.4 Å². The molecular weight excluding hydrogens is 493 g/mol. The number of rotatable bonds is 5. The standard InChI is InChI=1S/C21H23F3N2O5S2.CH4/c1-20(2,33(30,31)16-6-4-5-15(11-16)21(22,23)24)14-9-10-26(19(27)12-14)18-8-7-17(13-25-18)32(3,28)29;/h4-8,11,13-14H,9-10,12H2,1-3H3;1H4/t14-;/m0./s1. The summed E-state index contributed by atoms with van der Waals surface area (Å²) in [5.74, 6) is -0.807. The Labute approximate surface area is 197 Å². The highest BCUT2D eigenvalue weighted by Crippen LogP contribution is 2.40. The fourth-order valence-corrected chi connectivity index (χ4v) is 6.13. The van der Waals surface area contributed by atoms with Crippen molar-refractivity contribution in [2.75, 3.05) is 17.7 Å². The number of nitrogens with zero attached hydrogens (tertiary/aromatic N) is 2. The smallest absolute Gasteiger partial charge is 0.297 e. The molecule has 1 fully saturated rings. The third-order valence-corrected chi connectivity index (χ3v) is 9.69. The number of benzene rings is 1. The first-order valence-electron chi connectivity index (χ1n) is 9.93. The zero-order valence-electron chi connectivity index (χ0n) is 18.1. The van der Waals surface area contributed by atoms with Gasteiger partial charge in [0.1, 0.15) is 5.82 Å². The first kappa shape index (κ1) is 27.8. The van der Waals surface area contributed by atoms with Crippen LogP contribution in [0.2, 0.25) is 0 Å². The molecule has 0 radical (unpaired) electrons. The van der Waals surface area contributed by atoms with Crippen molar-refractivity contribution in [3.05, 3.63) is 48.2 Å². The molecule has 2 heterocycles. The Kier molecular flexibility index (Phi) is 7.59. The number of piperidine rings is 1. The summed E-state index contributed by atoms with van der Waals surface area (Å²) in [4.78, 5) is 17.7. The van der Waals surface area contributed by atoms with Crippen LogP contribution in [-0.4, -0.2) is 45.3 Å². The molecule has 0 saturated carbocycles. The molecule has 0 N–H and O–H groups in total. The number of carbonyl (C=O) groups is 1. The zero-order valence-corrected chi connectivity index (χ0v) is 19.8. The molecule has 1 atom stereocenters. The molecule has 1 aliphatic rings. The quantitative estimate of drug-likeness (QED) is 0.588. The molecule has 0 bridgehead atoms. The van der Waals surface area contributed by atoms with E-state index in [1.165, 1.54) is 30.9 Å². The van der Waals surface area contributed by atoms with Gasteiger partial charge in [0.2, 0.25) is 5.91 Å². The van der Waals surface area contributed by atoms with E-state index in [9.17, 15) is 34.8 Å². The highest BCUT2D eigenvalue weighted by molar-refractivity contribution is 7.92. The van der Waals surface area contributed by atoms with Crippen molar-refractivity contribution < 1.29 is 34.8 Å². The highest BCUT2D eigenvalue weighted by atomic mass is 32.2. The summed E-state index contributed by atoms with van der Waals surface area (Å²) >= 11 is 0. The van der Waals surface area contributed by atoms with Gasteiger partial charge >= 0.3 is 6.18 Å². The predicted octanol–water partition coefficient (Wildman–Crippen LogP) is 4.14. The van der Waals surface area contributed by atoms with E-state index in [1.54, 1.807) is 0 Å². The molecule has 188 valence electrons. The lowest BCUT2D eigenvalue weighted by Gasteiger charge is -2.39. The van der Waals surface area contributed by atoms with Crippen LogP contribution in [0.5, 0.6) is 0 Å². The molecule has 2 aromatic rings. The van der Waals surface area contributed by atoms with Gasteiger partial charge in [-0.25, -0.2) is 21.8 Å². The molecule has 34 heavy (non-hydrogen) atoms. The fourth-order valence-electron chi connectivity index (χ4n) is 3.78. The normalized spacial score (nSPS) is 17.9. The highest BCUT2D eigenvalue weighted by Gasteiger charge is 2.46. The summed E-state index contributed by atoms with van der Waals surface area (Å²) in [5.41, 5.74) is -1.06. The Morgan fingerprint density at radius 3 is 2.18 bits per heavy atom. The summed E-state index contributed by atoms with van der Waals surface area (Å²) < 4.78 is 87.4. The Morgan fingerprint density at radius 2 is 1.68 bits per heavy atom. The molecule has 1 aromatic heterocycles. The van der Waals surface area contributed by atoms with Crippen LogP contribution in [0.3, 0.4) is 0 Å². The van der Waals surface area contributed by atoms with E-state index in [0.717, 1.165) is 30.7 Å². The minimum Gasteiger partial charge on any atom is -0.297 e. The summed E-state index contributed by atoms with van der Waals surface area (Å²) in [6.45, 7) is 2.96. The molecule has 1 aromatic carbocycles. The van der Waals surface area contributed by atoms with Crippen molar-refractivity contribution in [1.29, 1.82) is 0 Å². The zero-order chi connectivity index (χ0) is 24.8. The summed E-state index contributed by atoms with van der Waals surface area (Å²) in [5, 5.41) is 0. The van der Waals surface area contributed by atoms with Gasteiger partial charge in [-0.15, -0.1) is 0 Å². The lowest BCUT2D eigenvalue weighted by atomic mass is 9.85. The van der Waals surface area contributed by atoms with Crippen molar-refractivity contribution in [3.8, 4) is 0 Å². The molecule has 7 nitrogen and oxygen atoms in total. The van der Waals surface area contributed by atoms with Gasteiger partial charge < -0.3 is 0 Å². The maximum absolute atomic E-state index is 13.3.